The van der Waals surface area contributed by atoms with E-state index < -0.39 is 0 Å². The molecule has 166 valence electrons. The van der Waals surface area contributed by atoms with E-state index in [4.69, 9.17) is 8.94 Å². The molecular weight excluding hydrogens is 499 g/mol. The Morgan fingerprint density at radius 2 is 1.93 bits per heavy atom. The van der Waals surface area contributed by atoms with Crippen LogP contribution in [0.2, 0.25) is 0 Å². The fraction of sp³-hybridized carbons (Fsp3) is 0.550. The van der Waals surface area contributed by atoms with Crippen molar-refractivity contribution in [2.75, 3.05) is 46.3 Å². The first-order valence-corrected chi connectivity index (χ1v) is 9.99. The average molecular weight is 530 g/mol. The molecule has 30 heavy (non-hydrogen) atoms. The zero-order valence-corrected chi connectivity index (χ0v) is 20.1. The van der Waals surface area contributed by atoms with Crippen molar-refractivity contribution in [1.82, 2.24) is 25.6 Å². The van der Waals surface area contributed by atoms with Crippen molar-refractivity contribution in [3.8, 4) is 0 Å². The van der Waals surface area contributed by atoms with Gasteiger partial charge in [0.2, 0.25) is 0 Å². The van der Waals surface area contributed by atoms with Crippen LogP contribution in [-0.4, -0.2) is 73.1 Å². The summed E-state index contributed by atoms with van der Waals surface area (Å²) in [5.74, 6) is 1.96. The molecule has 0 spiro atoms. The Morgan fingerprint density at radius 1 is 1.20 bits per heavy atom. The Balaban J connectivity index is 0.00000320. The standard InChI is InChI=1S/C20H30N6O3.HI/c1-15-5-12-28-18(15)19(27)22-6-4-7-23-20(21-3)26-10-8-25(9-11-26)14-17-13-16(2)29-24-17;/h5,12-13H,4,6-11,14H2,1-3H3,(H,21,23)(H,22,27);1H. The molecule has 3 rings (SSSR count). The second kappa shape index (κ2) is 11.9. The summed E-state index contributed by atoms with van der Waals surface area (Å²) in [5, 5.41) is 10.3. The third-order valence-electron chi connectivity index (χ3n) is 4.94. The number of aliphatic imine (C=N–C) groups is 1. The molecule has 0 bridgehead atoms. The third-order valence-corrected chi connectivity index (χ3v) is 4.94. The van der Waals surface area contributed by atoms with Crippen LogP contribution >= 0.6 is 24.0 Å². The minimum atomic E-state index is -0.171. The maximum Gasteiger partial charge on any atom is 0.287 e. The van der Waals surface area contributed by atoms with Crippen LogP contribution < -0.4 is 10.6 Å². The van der Waals surface area contributed by atoms with Gasteiger partial charge < -0.3 is 24.5 Å². The smallest absolute Gasteiger partial charge is 0.287 e. The number of furan rings is 1. The van der Waals surface area contributed by atoms with Gasteiger partial charge in [-0.05, 0) is 26.3 Å². The summed E-state index contributed by atoms with van der Waals surface area (Å²) in [5.41, 5.74) is 1.82. The Labute approximate surface area is 194 Å². The largest absolute Gasteiger partial charge is 0.459 e. The van der Waals surface area contributed by atoms with Crippen molar-refractivity contribution in [1.29, 1.82) is 0 Å². The number of piperazine rings is 1. The van der Waals surface area contributed by atoms with E-state index >= 15 is 0 Å². The Hall–Kier alpha value is -2.08. The van der Waals surface area contributed by atoms with Crippen LogP contribution in [0, 0.1) is 13.8 Å². The lowest BCUT2D eigenvalue weighted by Gasteiger charge is -2.36. The van der Waals surface area contributed by atoms with Gasteiger partial charge in [0.15, 0.2) is 11.7 Å². The van der Waals surface area contributed by atoms with Crippen LogP contribution in [0.3, 0.4) is 0 Å². The van der Waals surface area contributed by atoms with Crippen molar-refractivity contribution in [3.05, 3.63) is 41.2 Å². The SMILES string of the molecule is CN=C(NCCCNC(=O)c1occc1C)N1CCN(Cc2cc(C)on2)CC1.I. The van der Waals surface area contributed by atoms with Crippen LogP contribution in [0.25, 0.3) is 0 Å². The van der Waals surface area contributed by atoms with E-state index in [1.165, 1.54) is 6.26 Å². The van der Waals surface area contributed by atoms with E-state index in [0.29, 0.717) is 12.3 Å². The predicted octanol–water partition coefficient (Wildman–Crippen LogP) is 2.02. The molecule has 0 aliphatic carbocycles. The first kappa shape index (κ1) is 24.2. The molecule has 0 aromatic carbocycles. The van der Waals surface area contributed by atoms with E-state index in [9.17, 15) is 4.79 Å². The van der Waals surface area contributed by atoms with E-state index in [1.54, 1.807) is 13.1 Å². The predicted molar refractivity (Wildman–Crippen MR) is 125 cm³/mol. The molecule has 0 saturated carbocycles. The van der Waals surface area contributed by atoms with E-state index in [-0.39, 0.29) is 29.9 Å². The molecule has 0 unspecified atom stereocenters. The first-order chi connectivity index (χ1) is 14.1. The van der Waals surface area contributed by atoms with E-state index in [1.807, 2.05) is 19.9 Å². The van der Waals surface area contributed by atoms with Gasteiger partial charge in [0, 0.05) is 64.5 Å². The zero-order chi connectivity index (χ0) is 20.6. The summed E-state index contributed by atoms with van der Waals surface area (Å²) >= 11 is 0. The van der Waals surface area contributed by atoms with Gasteiger partial charge in [0.05, 0.1) is 12.0 Å². The Morgan fingerprint density at radius 3 is 2.53 bits per heavy atom. The number of carbonyl (C=O) groups excluding carboxylic acids is 1. The summed E-state index contributed by atoms with van der Waals surface area (Å²) in [4.78, 5) is 21.0. The quantitative estimate of drug-likeness (QED) is 0.245. The van der Waals surface area contributed by atoms with Crippen LogP contribution in [0.5, 0.6) is 0 Å². The number of hydrogen-bond acceptors (Lipinski definition) is 6. The lowest BCUT2D eigenvalue weighted by molar-refractivity contribution is 0.0925. The number of nitrogens with zero attached hydrogens (tertiary/aromatic N) is 4. The normalized spacial score (nSPS) is 15.0. The highest BCUT2D eigenvalue weighted by atomic mass is 127. The number of amides is 1. The summed E-state index contributed by atoms with van der Waals surface area (Å²) in [7, 11) is 1.80. The van der Waals surface area contributed by atoms with E-state index in [2.05, 4.69) is 30.6 Å². The number of rotatable bonds is 7. The van der Waals surface area contributed by atoms with Gasteiger partial charge in [0.25, 0.3) is 5.91 Å². The molecule has 2 aromatic rings. The van der Waals surface area contributed by atoms with Crippen molar-refractivity contribution in [2.24, 2.45) is 4.99 Å². The Bertz CT molecular complexity index is 826. The highest BCUT2D eigenvalue weighted by Crippen LogP contribution is 2.10. The summed E-state index contributed by atoms with van der Waals surface area (Å²) in [6.07, 6.45) is 2.33. The molecule has 0 radical (unpaired) electrons. The van der Waals surface area contributed by atoms with Crippen molar-refractivity contribution in [2.45, 2.75) is 26.8 Å². The van der Waals surface area contributed by atoms with Crippen LogP contribution in [0.1, 0.15) is 34.0 Å². The number of hydrogen-bond donors (Lipinski definition) is 2. The number of carbonyl (C=O) groups is 1. The lowest BCUT2D eigenvalue weighted by Crippen LogP contribution is -2.52. The molecule has 9 nitrogen and oxygen atoms in total. The number of halogens is 1. The van der Waals surface area contributed by atoms with E-state index in [0.717, 1.165) is 68.7 Å². The number of guanidine groups is 1. The van der Waals surface area contributed by atoms with Crippen molar-refractivity contribution < 1.29 is 13.7 Å². The minimum absolute atomic E-state index is 0. The summed E-state index contributed by atoms with van der Waals surface area (Å²) in [6, 6.07) is 3.77. The van der Waals surface area contributed by atoms with Gasteiger partial charge in [-0.1, -0.05) is 5.16 Å². The number of aromatic nitrogens is 1. The minimum Gasteiger partial charge on any atom is -0.459 e. The average Bonchev–Trinajstić information content (AvgIpc) is 3.33. The molecule has 1 saturated heterocycles. The zero-order valence-electron chi connectivity index (χ0n) is 17.8. The maximum absolute atomic E-state index is 12.0. The molecule has 1 aliphatic heterocycles. The fourth-order valence-corrected chi connectivity index (χ4v) is 3.35. The van der Waals surface area contributed by atoms with Gasteiger partial charge in [-0.2, -0.15) is 0 Å². The molecule has 1 amide bonds. The monoisotopic (exact) mass is 530 g/mol. The van der Waals surface area contributed by atoms with Gasteiger partial charge >= 0.3 is 0 Å². The summed E-state index contributed by atoms with van der Waals surface area (Å²) in [6.45, 7) is 9.61. The molecule has 10 heteroatoms. The fourth-order valence-electron chi connectivity index (χ4n) is 3.35. The van der Waals surface area contributed by atoms with Crippen molar-refractivity contribution in [3.63, 3.8) is 0 Å². The molecule has 2 N–H and O–H groups in total. The molecule has 3 heterocycles. The third kappa shape index (κ3) is 6.73. The molecule has 1 fully saturated rings. The van der Waals surface area contributed by atoms with Gasteiger partial charge in [-0.3, -0.25) is 14.7 Å². The highest BCUT2D eigenvalue weighted by Gasteiger charge is 2.20. The first-order valence-electron chi connectivity index (χ1n) is 9.99. The van der Waals surface area contributed by atoms with Crippen LogP contribution in [0.15, 0.2) is 32.3 Å². The molecule has 1 aliphatic rings. The molecular formula is C20H31IN6O3. The highest BCUT2D eigenvalue weighted by molar-refractivity contribution is 14.0. The maximum atomic E-state index is 12.0. The lowest BCUT2D eigenvalue weighted by atomic mass is 10.2. The second-order valence-corrected chi connectivity index (χ2v) is 7.21. The van der Waals surface area contributed by atoms with Crippen molar-refractivity contribution >= 4 is 35.8 Å². The summed E-state index contributed by atoms with van der Waals surface area (Å²) < 4.78 is 10.3. The Kier molecular flexibility index (Phi) is 9.63. The number of nitrogens with one attached hydrogen (secondary N) is 2. The molecule has 0 atom stereocenters. The molecule has 2 aromatic heterocycles. The van der Waals surface area contributed by atoms with Gasteiger partial charge in [-0.15, -0.1) is 24.0 Å². The topological polar surface area (TPSA) is 99.1 Å². The second-order valence-electron chi connectivity index (χ2n) is 7.21. The number of aryl methyl sites for hydroxylation is 2. The van der Waals surface area contributed by atoms with Crippen LogP contribution in [-0.2, 0) is 6.54 Å². The van der Waals surface area contributed by atoms with Gasteiger partial charge in [-0.25, -0.2) is 0 Å². The van der Waals surface area contributed by atoms with Crippen LogP contribution in [0.4, 0.5) is 0 Å². The van der Waals surface area contributed by atoms with Gasteiger partial charge in [0.1, 0.15) is 5.76 Å².